The number of aliphatic imine (C=N–C) groups is 1. The van der Waals surface area contributed by atoms with Crippen LogP contribution in [0.5, 0.6) is 0 Å². The number of hydrogen-bond donors (Lipinski definition) is 2. The summed E-state index contributed by atoms with van der Waals surface area (Å²) in [5.74, 6) is 1.88. The van der Waals surface area contributed by atoms with Gasteiger partial charge in [0.1, 0.15) is 0 Å². The van der Waals surface area contributed by atoms with Crippen molar-refractivity contribution >= 4 is 29.9 Å². The summed E-state index contributed by atoms with van der Waals surface area (Å²) in [4.78, 5) is 7.32. The van der Waals surface area contributed by atoms with E-state index in [-0.39, 0.29) is 24.0 Å². The Kier molecular flexibility index (Phi) is 11.3. The van der Waals surface area contributed by atoms with Crippen molar-refractivity contribution in [1.29, 1.82) is 0 Å². The molecule has 0 aromatic rings. The zero-order valence-electron chi connectivity index (χ0n) is 15.7. The molecule has 142 valence electrons. The topological polar surface area (TPSA) is 48.9 Å². The summed E-state index contributed by atoms with van der Waals surface area (Å²) in [5, 5.41) is 7.03. The summed E-state index contributed by atoms with van der Waals surface area (Å²) in [6, 6.07) is 1.37. The molecule has 2 saturated carbocycles. The summed E-state index contributed by atoms with van der Waals surface area (Å²) < 4.78 is 5.22. The minimum Gasteiger partial charge on any atom is -0.383 e. The molecule has 2 fully saturated rings. The van der Waals surface area contributed by atoms with Crippen LogP contribution in [0.1, 0.15) is 52.4 Å². The molecule has 6 heteroatoms. The SMILES string of the molecule is CCNC(=NCCN(CCOC)C1CC1)NC1CCC(C)CC1.I. The monoisotopic (exact) mass is 452 g/mol. The molecule has 2 rings (SSSR count). The fourth-order valence-corrected chi connectivity index (χ4v) is 3.33. The lowest BCUT2D eigenvalue weighted by atomic mass is 9.87. The smallest absolute Gasteiger partial charge is 0.191 e. The van der Waals surface area contributed by atoms with Crippen molar-refractivity contribution in [1.82, 2.24) is 15.5 Å². The zero-order chi connectivity index (χ0) is 16.5. The average Bonchev–Trinajstić information content (AvgIpc) is 3.38. The van der Waals surface area contributed by atoms with Gasteiger partial charge in [-0.2, -0.15) is 0 Å². The molecule has 0 aromatic heterocycles. The van der Waals surface area contributed by atoms with Gasteiger partial charge in [0.25, 0.3) is 0 Å². The first kappa shape index (κ1) is 22.0. The van der Waals surface area contributed by atoms with Crippen molar-refractivity contribution in [3.8, 4) is 0 Å². The second-order valence-electron chi connectivity index (χ2n) is 7.12. The van der Waals surface area contributed by atoms with Gasteiger partial charge in [-0.15, -0.1) is 24.0 Å². The Bertz CT molecular complexity index is 355. The lowest BCUT2D eigenvalue weighted by molar-refractivity contribution is 0.145. The Morgan fingerprint density at radius 1 is 1.12 bits per heavy atom. The molecule has 0 spiro atoms. The van der Waals surface area contributed by atoms with Gasteiger partial charge in [-0.1, -0.05) is 6.92 Å². The highest BCUT2D eigenvalue weighted by Gasteiger charge is 2.28. The third-order valence-electron chi connectivity index (χ3n) is 5.00. The Labute approximate surface area is 165 Å². The third kappa shape index (κ3) is 8.34. The van der Waals surface area contributed by atoms with E-state index in [1.54, 1.807) is 7.11 Å². The van der Waals surface area contributed by atoms with Crippen LogP contribution >= 0.6 is 24.0 Å². The fraction of sp³-hybridized carbons (Fsp3) is 0.944. The normalized spacial score (nSPS) is 24.6. The number of methoxy groups -OCH3 is 1. The molecule has 2 N–H and O–H groups in total. The van der Waals surface area contributed by atoms with Crippen molar-refractivity contribution in [2.75, 3.05) is 39.9 Å². The van der Waals surface area contributed by atoms with Crippen LogP contribution < -0.4 is 10.6 Å². The van der Waals surface area contributed by atoms with E-state index >= 15 is 0 Å². The molecule has 2 aliphatic carbocycles. The number of hydrogen-bond acceptors (Lipinski definition) is 3. The van der Waals surface area contributed by atoms with Crippen molar-refractivity contribution < 1.29 is 4.74 Å². The highest BCUT2D eigenvalue weighted by Crippen LogP contribution is 2.26. The Morgan fingerprint density at radius 3 is 2.42 bits per heavy atom. The molecule has 0 unspecified atom stereocenters. The minimum absolute atomic E-state index is 0. The molecule has 24 heavy (non-hydrogen) atoms. The largest absolute Gasteiger partial charge is 0.383 e. The number of ether oxygens (including phenoxy) is 1. The van der Waals surface area contributed by atoms with Gasteiger partial charge >= 0.3 is 0 Å². The molecule has 2 aliphatic rings. The van der Waals surface area contributed by atoms with Crippen LogP contribution in [0.3, 0.4) is 0 Å². The standard InChI is InChI=1S/C18H36N4O.HI/c1-4-19-18(21-16-7-5-15(2)6-8-16)20-11-12-22(13-14-23-3)17-9-10-17;/h15-17H,4-14H2,1-3H3,(H2,19,20,21);1H. The van der Waals surface area contributed by atoms with Crippen LogP contribution in [0.25, 0.3) is 0 Å². The third-order valence-corrected chi connectivity index (χ3v) is 5.00. The Balaban J connectivity index is 0.00000288. The molecular formula is C18H37IN4O. The number of nitrogens with one attached hydrogen (secondary N) is 2. The predicted octanol–water partition coefficient (Wildman–Crippen LogP) is 2.85. The second kappa shape index (κ2) is 12.3. The maximum absolute atomic E-state index is 5.22. The van der Waals surface area contributed by atoms with Crippen molar-refractivity contribution in [3.63, 3.8) is 0 Å². The molecule has 0 atom stereocenters. The minimum atomic E-state index is 0. The number of halogens is 1. The summed E-state index contributed by atoms with van der Waals surface area (Å²) in [6.07, 6.45) is 7.90. The van der Waals surface area contributed by atoms with E-state index in [0.717, 1.165) is 50.7 Å². The van der Waals surface area contributed by atoms with Gasteiger partial charge < -0.3 is 15.4 Å². The number of guanidine groups is 1. The Morgan fingerprint density at radius 2 is 1.83 bits per heavy atom. The lowest BCUT2D eigenvalue weighted by Gasteiger charge is -2.28. The van der Waals surface area contributed by atoms with Gasteiger partial charge in [0.2, 0.25) is 0 Å². The first-order valence-electron chi connectivity index (χ1n) is 9.50. The van der Waals surface area contributed by atoms with E-state index in [0.29, 0.717) is 6.04 Å². The molecule has 0 aliphatic heterocycles. The molecule has 0 aromatic carbocycles. The maximum Gasteiger partial charge on any atom is 0.191 e. The van der Waals surface area contributed by atoms with Crippen molar-refractivity contribution in [2.24, 2.45) is 10.9 Å². The van der Waals surface area contributed by atoms with E-state index < -0.39 is 0 Å². The summed E-state index contributed by atoms with van der Waals surface area (Å²) in [6.45, 7) is 9.16. The molecular weight excluding hydrogens is 415 g/mol. The van der Waals surface area contributed by atoms with E-state index in [1.807, 2.05) is 0 Å². The van der Waals surface area contributed by atoms with Crippen LogP contribution in [0.4, 0.5) is 0 Å². The van der Waals surface area contributed by atoms with Gasteiger partial charge in [0.15, 0.2) is 5.96 Å². The fourth-order valence-electron chi connectivity index (χ4n) is 3.33. The summed E-state index contributed by atoms with van der Waals surface area (Å²) in [5.41, 5.74) is 0. The van der Waals surface area contributed by atoms with Gasteiger partial charge in [-0.25, -0.2) is 0 Å². The van der Waals surface area contributed by atoms with E-state index in [2.05, 4.69) is 29.4 Å². The number of nitrogens with zero attached hydrogens (tertiary/aromatic N) is 2. The van der Waals surface area contributed by atoms with Gasteiger partial charge in [-0.3, -0.25) is 9.89 Å². The number of rotatable bonds is 9. The van der Waals surface area contributed by atoms with E-state index in [1.165, 1.54) is 38.5 Å². The lowest BCUT2D eigenvalue weighted by Crippen LogP contribution is -2.45. The zero-order valence-corrected chi connectivity index (χ0v) is 18.1. The van der Waals surface area contributed by atoms with Crippen LogP contribution in [-0.4, -0.2) is 62.8 Å². The van der Waals surface area contributed by atoms with Gasteiger partial charge in [0.05, 0.1) is 13.2 Å². The van der Waals surface area contributed by atoms with Crippen molar-refractivity contribution in [3.05, 3.63) is 0 Å². The quantitative estimate of drug-likeness (QED) is 0.321. The maximum atomic E-state index is 5.22. The second-order valence-corrected chi connectivity index (χ2v) is 7.12. The first-order valence-corrected chi connectivity index (χ1v) is 9.50. The summed E-state index contributed by atoms with van der Waals surface area (Å²) >= 11 is 0. The Hall–Kier alpha value is -0.0800. The highest BCUT2D eigenvalue weighted by molar-refractivity contribution is 14.0. The van der Waals surface area contributed by atoms with Crippen molar-refractivity contribution in [2.45, 2.75) is 64.5 Å². The van der Waals surface area contributed by atoms with E-state index in [9.17, 15) is 0 Å². The molecule has 0 saturated heterocycles. The van der Waals surface area contributed by atoms with Gasteiger partial charge in [0, 0.05) is 38.8 Å². The van der Waals surface area contributed by atoms with Crippen LogP contribution in [0.2, 0.25) is 0 Å². The molecule has 5 nitrogen and oxygen atoms in total. The molecule has 0 heterocycles. The van der Waals surface area contributed by atoms with Crippen LogP contribution in [-0.2, 0) is 4.74 Å². The van der Waals surface area contributed by atoms with Crippen LogP contribution in [0.15, 0.2) is 4.99 Å². The molecule has 0 amide bonds. The predicted molar refractivity (Wildman–Crippen MR) is 112 cm³/mol. The van der Waals surface area contributed by atoms with Gasteiger partial charge in [-0.05, 0) is 51.4 Å². The first-order chi connectivity index (χ1) is 11.2. The molecule has 0 bridgehead atoms. The molecule has 0 radical (unpaired) electrons. The highest BCUT2D eigenvalue weighted by atomic mass is 127. The summed E-state index contributed by atoms with van der Waals surface area (Å²) in [7, 11) is 1.78. The van der Waals surface area contributed by atoms with Crippen LogP contribution in [0, 0.1) is 5.92 Å². The van der Waals surface area contributed by atoms with E-state index in [4.69, 9.17) is 9.73 Å². The average molecular weight is 452 g/mol.